The summed E-state index contributed by atoms with van der Waals surface area (Å²) >= 11 is 0. The largest absolute Gasteiger partial charge is 0.411 e. The van der Waals surface area contributed by atoms with Gasteiger partial charge >= 0.3 is 0 Å². The zero-order valence-corrected chi connectivity index (χ0v) is 8.73. The van der Waals surface area contributed by atoms with Gasteiger partial charge in [0.25, 0.3) is 0 Å². The average molecular weight is 196 g/mol. The van der Waals surface area contributed by atoms with Gasteiger partial charge in [-0.15, -0.1) is 0 Å². The summed E-state index contributed by atoms with van der Waals surface area (Å²) in [5.41, 5.74) is 1.75. The molecule has 0 unspecified atom stereocenters. The van der Waals surface area contributed by atoms with E-state index in [9.17, 15) is 0 Å². The van der Waals surface area contributed by atoms with Crippen molar-refractivity contribution in [2.24, 2.45) is 33.5 Å². The summed E-state index contributed by atoms with van der Waals surface area (Å²) in [6, 6.07) is 0. The van der Waals surface area contributed by atoms with E-state index in [2.05, 4.69) is 24.2 Å². The molecule has 2 N–H and O–H groups in total. The van der Waals surface area contributed by atoms with Crippen LogP contribution < -0.4 is 0 Å². The molecule has 0 radical (unpaired) electrons. The Balaban J connectivity index is 2.28. The van der Waals surface area contributed by atoms with Crippen LogP contribution in [0.15, 0.2) is 10.3 Å². The second-order valence-electron chi connectivity index (χ2n) is 4.97. The van der Waals surface area contributed by atoms with Gasteiger partial charge < -0.3 is 10.4 Å². The van der Waals surface area contributed by atoms with E-state index in [1.54, 1.807) is 6.92 Å². The predicted octanol–water partition coefficient (Wildman–Crippen LogP) is 1.96. The van der Waals surface area contributed by atoms with Crippen LogP contribution in [-0.2, 0) is 0 Å². The third-order valence-corrected chi connectivity index (χ3v) is 4.02. The summed E-state index contributed by atoms with van der Waals surface area (Å²) in [6.07, 6.45) is 0.839. The Morgan fingerprint density at radius 1 is 1.43 bits per heavy atom. The SMILES string of the molecule is C/C(=N\O)[C@H]1/C(=N/O)C[C@H]2[C@@H]1C2(C)C. The van der Waals surface area contributed by atoms with Gasteiger partial charge in [0.05, 0.1) is 11.4 Å². The highest BCUT2D eigenvalue weighted by Gasteiger charge is 2.67. The molecule has 0 bridgehead atoms. The smallest absolute Gasteiger partial charge is 0.0665 e. The van der Waals surface area contributed by atoms with Gasteiger partial charge in [-0.3, -0.25) is 0 Å². The van der Waals surface area contributed by atoms with Crippen molar-refractivity contribution in [1.82, 2.24) is 0 Å². The Hall–Kier alpha value is -1.06. The summed E-state index contributed by atoms with van der Waals surface area (Å²) in [4.78, 5) is 0. The van der Waals surface area contributed by atoms with Crippen molar-refractivity contribution in [3.63, 3.8) is 0 Å². The molecule has 4 nitrogen and oxygen atoms in total. The zero-order valence-electron chi connectivity index (χ0n) is 8.73. The van der Waals surface area contributed by atoms with Crippen LogP contribution in [0, 0.1) is 23.2 Å². The number of hydrogen-bond donors (Lipinski definition) is 2. The fourth-order valence-electron chi connectivity index (χ4n) is 3.06. The molecule has 0 aromatic rings. The van der Waals surface area contributed by atoms with E-state index in [1.165, 1.54) is 0 Å². The van der Waals surface area contributed by atoms with Gasteiger partial charge in [-0.1, -0.05) is 24.2 Å². The Labute approximate surface area is 83.3 Å². The molecular formula is C10H16N2O2. The molecule has 0 aromatic heterocycles. The molecule has 3 atom stereocenters. The first kappa shape index (κ1) is 9.49. The lowest BCUT2D eigenvalue weighted by molar-refractivity contribution is 0.308. The number of fused-ring (bicyclic) bond motifs is 1. The van der Waals surface area contributed by atoms with E-state index in [-0.39, 0.29) is 5.92 Å². The summed E-state index contributed by atoms with van der Waals surface area (Å²) in [5.74, 6) is 1.13. The normalized spacial score (nSPS) is 42.6. The Morgan fingerprint density at radius 3 is 2.57 bits per heavy atom. The molecule has 0 saturated heterocycles. The maximum absolute atomic E-state index is 8.84. The topological polar surface area (TPSA) is 65.2 Å². The van der Waals surface area contributed by atoms with Crippen molar-refractivity contribution in [1.29, 1.82) is 0 Å². The maximum atomic E-state index is 8.84. The molecule has 14 heavy (non-hydrogen) atoms. The molecule has 0 aliphatic heterocycles. The highest BCUT2D eigenvalue weighted by molar-refractivity contribution is 6.09. The lowest BCUT2D eigenvalue weighted by Crippen LogP contribution is -2.24. The summed E-state index contributed by atoms with van der Waals surface area (Å²) in [5, 5.41) is 24.2. The van der Waals surface area contributed by atoms with Gasteiger partial charge in [0.15, 0.2) is 0 Å². The van der Waals surface area contributed by atoms with E-state index in [0.717, 1.165) is 12.1 Å². The minimum absolute atomic E-state index is 0.0463. The van der Waals surface area contributed by atoms with Crippen molar-refractivity contribution >= 4 is 11.4 Å². The predicted molar refractivity (Wildman–Crippen MR) is 53.0 cm³/mol. The lowest BCUT2D eigenvalue weighted by atomic mass is 9.88. The molecule has 4 heteroatoms. The number of nitrogens with zero attached hydrogens (tertiary/aromatic N) is 2. The minimum Gasteiger partial charge on any atom is -0.411 e. The van der Waals surface area contributed by atoms with Gasteiger partial charge in [0.1, 0.15) is 0 Å². The number of hydrogen-bond acceptors (Lipinski definition) is 4. The van der Waals surface area contributed by atoms with E-state index < -0.39 is 0 Å². The summed E-state index contributed by atoms with van der Waals surface area (Å²) in [6.45, 7) is 6.22. The third-order valence-electron chi connectivity index (χ3n) is 4.02. The van der Waals surface area contributed by atoms with Crippen LogP contribution in [0.25, 0.3) is 0 Å². The highest BCUT2D eigenvalue weighted by Crippen LogP contribution is 2.68. The molecule has 78 valence electrons. The standard InChI is InChI=1S/C10H16N2O2/c1-5(11-13)8-7(12-14)4-6-9(8)10(6,2)3/h6,8-9,13-14H,4H2,1-3H3/b11-5+,12-7+/t6-,8-,9-/m0/s1. The number of rotatable bonds is 1. The van der Waals surface area contributed by atoms with Crippen molar-refractivity contribution in [3.05, 3.63) is 0 Å². The van der Waals surface area contributed by atoms with Crippen LogP contribution in [0.1, 0.15) is 27.2 Å². The van der Waals surface area contributed by atoms with Gasteiger partial charge in [-0.2, -0.15) is 0 Å². The second kappa shape index (κ2) is 2.72. The van der Waals surface area contributed by atoms with Crippen LogP contribution in [0.4, 0.5) is 0 Å². The first-order valence-corrected chi connectivity index (χ1v) is 4.93. The molecule has 2 rings (SSSR count). The van der Waals surface area contributed by atoms with Crippen LogP contribution in [-0.4, -0.2) is 21.8 Å². The second-order valence-corrected chi connectivity index (χ2v) is 4.97. The first-order valence-electron chi connectivity index (χ1n) is 4.93. The first-order chi connectivity index (χ1) is 6.54. The van der Waals surface area contributed by atoms with Gasteiger partial charge in [0.2, 0.25) is 0 Å². The van der Waals surface area contributed by atoms with Crippen molar-refractivity contribution in [3.8, 4) is 0 Å². The van der Waals surface area contributed by atoms with Crippen LogP contribution in [0.5, 0.6) is 0 Å². The molecular weight excluding hydrogens is 180 g/mol. The molecule has 2 aliphatic carbocycles. The molecule has 0 heterocycles. The van der Waals surface area contributed by atoms with E-state index in [1.807, 2.05) is 0 Å². The molecule has 0 aromatic carbocycles. The molecule has 0 spiro atoms. The average Bonchev–Trinajstić information content (AvgIpc) is 2.57. The van der Waals surface area contributed by atoms with Gasteiger partial charge in [-0.05, 0) is 30.6 Å². The van der Waals surface area contributed by atoms with E-state index in [0.29, 0.717) is 23.0 Å². The number of oxime groups is 2. The van der Waals surface area contributed by atoms with E-state index in [4.69, 9.17) is 10.4 Å². The summed E-state index contributed by atoms with van der Waals surface area (Å²) in [7, 11) is 0. The summed E-state index contributed by atoms with van der Waals surface area (Å²) < 4.78 is 0. The van der Waals surface area contributed by atoms with Crippen LogP contribution >= 0.6 is 0 Å². The molecule has 2 saturated carbocycles. The highest BCUT2D eigenvalue weighted by atomic mass is 16.4. The Bertz CT molecular complexity index is 320. The lowest BCUT2D eigenvalue weighted by Gasteiger charge is -2.17. The zero-order chi connectivity index (χ0) is 10.5. The van der Waals surface area contributed by atoms with Gasteiger partial charge in [-0.25, -0.2) is 0 Å². The molecule has 0 amide bonds. The van der Waals surface area contributed by atoms with Crippen LogP contribution in [0.3, 0.4) is 0 Å². The monoisotopic (exact) mass is 196 g/mol. The Morgan fingerprint density at radius 2 is 2.07 bits per heavy atom. The quantitative estimate of drug-likeness (QED) is 0.382. The molecule has 2 aliphatic rings. The van der Waals surface area contributed by atoms with Crippen molar-refractivity contribution in [2.75, 3.05) is 0 Å². The van der Waals surface area contributed by atoms with E-state index >= 15 is 0 Å². The van der Waals surface area contributed by atoms with Crippen molar-refractivity contribution < 1.29 is 10.4 Å². The Kier molecular flexibility index (Phi) is 1.84. The third kappa shape index (κ3) is 0.996. The van der Waals surface area contributed by atoms with Crippen molar-refractivity contribution in [2.45, 2.75) is 27.2 Å². The minimum atomic E-state index is 0.0463. The fraction of sp³-hybridized carbons (Fsp3) is 0.800. The maximum Gasteiger partial charge on any atom is 0.0665 e. The van der Waals surface area contributed by atoms with Crippen LogP contribution in [0.2, 0.25) is 0 Å². The molecule has 2 fully saturated rings. The van der Waals surface area contributed by atoms with Gasteiger partial charge in [0, 0.05) is 5.92 Å². The fourth-order valence-corrected chi connectivity index (χ4v) is 3.06.